The van der Waals surface area contributed by atoms with Gasteiger partial charge < -0.3 is 5.11 Å². The van der Waals surface area contributed by atoms with Crippen LogP contribution in [0.3, 0.4) is 0 Å². The number of nitro benzene ring substituents is 1. The number of carbonyl (C=O) groups is 2. The highest BCUT2D eigenvalue weighted by atomic mass is 35.5. The lowest BCUT2D eigenvalue weighted by molar-refractivity contribution is -0.384. The van der Waals surface area contributed by atoms with E-state index in [2.05, 4.69) is 0 Å². The molecule has 7 nitrogen and oxygen atoms in total. The van der Waals surface area contributed by atoms with Crippen molar-refractivity contribution in [1.29, 1.82) is 0 Å². The number of non-ortho nitro benzene ring substituents is 1. The van der Waals surface area contributed by atoms with Crippen molar-refractivity contribution in [2.75, 3.05) is 0 Å². The normalized spacial score (nSPS) is 15.7. The summed E-state index contributed by atoms with van der Waals surface area (Å²) in [6.07, 6.45) is 1.27. The van der Waals surface area contributed by atoms with Gasteiger partial charge in [0, 0.05) is 22.7 Å². The zero-order valence-corrected chi connectivity index (χ0v) is 14.7. The second-order valence-electron chi connectivity index (χ2n) is 5.39. The summed E-state index contributed by atoms with van der Waals surface area (Å²) in [7, 11) is 0. The van der Waals surface area contributed by atoms with E-state index in [1.54, 1.807) is 24.3 Å². The van der Waals surface area contributed by atoms with Gasteiger partial charge in [-0.15, -0.1) is 0 Å². The first-order valence-electron chi connectivity index (χ1n) is 7.32. The van der Waals surface area contributed by atoms with Crippen LogP contribution in [0.25, 0.3) is 6.08 Å². The number of nitro groups is 1. The van der Waals surface area contributed by atoms with E-state index in [9.17, 15) is 24.8 Å². The molecule has 0 aliphatic carbocycles. The highest BCUT2D eigenvalue weighted by Crippen LogP contribution is 2.35. The fourth-order valence-corrected chi connectivity index (χ4v) is 3.28. The molecule has 0 aromatic heterocycles. The zero-order chi connectivity index (χ0) is 18.8. The molecule has 1 saturated heterocycles. The third-order valence-electron chi connectivity index (χ3n) is 3.64. The number of hydrogen-bond donors (Lipinski definition) is 1. The topological polar surface area (TPSA) is 101 Å². The van der Waals surface area contributed by atoms with Gasteiger partial charge in [-0.1, -0.05) is 23.7 Å². The minimum absolute atomic E-state index is 0.0831. The van der Waals surface area contributed by atoms with Gasteiger partial charge in [-0.3, -0.25) is 24.6 Å². The molecule has 1 N–H and O–H groups in total. The Kier molecular flexibility index (Phi) is 4.97. The Morgan fingerprint density at radius 2 is 1.88 bits per heavy atom. The Hall–Kier alpha value is -2.84. The van der Waals surface area contributed by atoms with Crippen LogP contribution >= 0.6 is 23.4 Å². The van der Waals surface area contributed by atoms with Crippen LogP contribution in [0.1, 0.15) is 11.1 Å². The SMILES string of the molecule is O=C1S/C(=C\c2cc([N+](=O)[O-])ccc2O)C(=O)N1Cc1ccc(Cl)cc1. The van der Waals surface area contributed by atoms with Gasteiger partial charge >= 0.3 is 0 Å². The fourth-order valence-electron chi connectivity index (χ4n) is 2.32. The van der Waals surface area contributed by atoms with Crippen LogP contribution in [0.5, 0.6) is 5.75 Å². The quantitative estimate of drug-likeness (QED) is 0.477. The fraction of sp³-hybridized carbons (Fsp3) is 0.0588. The number of rotatable bonds is 4. The summed E-state index contributed by atoms with van der Waals surface area (Å²) >= 11 is 6.53. The Morgan fingerprint density at radius 3 is 2.54 bits per heavy atom. The summed E-state index contributed by atoms with van der Waals surface area (Å²) in [5.74, 6) is -0.749. The van der Waals surface area contributed by atoms with Crippen molar-refractivity contribution in [3.63, 3.8) is 0 Å². The lowest BCUT2D eigenvalue weighted by Crippen LogP contribution is -2.27. The van der Waals surface area contributed by atoms with Gasteiger partial charge in [-0.25, -0.2) is 0 Å². The molecular weight excluding hydrogens is 380 g/mol. The average molecular weight is 391 g/mol. The first-order chi connectivity index (χ1) is 12.3. The maximum absolute atomic E-state index is 12.5. The zero-order valence-electron chi connectivity index (χ0n) is 13.1. The summed E-state index contributed by atoms with van der Waals surface area (Å²) in [6, 6.07) is 10.2. The number of imide groups is 1. The van der Waals surface area contributed by atoms with Gasteiger partial charge in [0.25, 0.3) is 16.8 Å². The third-order valence-corrected chi connectivity index (χ3v) is 4.80. The number of nitrogens with zero attached hydrogens (tertiary/aromatic N) is 2. The van der Waals surface area contributed by atoms with Gasteiger partial charge in [0.1, 0.15) is 5.75 Å². The van der Waals surface area contributed by atoms with Crippen molar-refractivity contribution < 1.29 is 19.6 Å². The van der Waals surface area contributed by atoms with Crippen molar-refractivity contribution in [2.24, 2.45) is 0 Å². The van der Waals surface area contributed by atoms with Crippen molar-refractivity contribution >= 4 is 46.3 Å². The van der Waals surface area contributed by atoms with Gasteiger partial charge in [0.05, 0.1) is 16.4 Å². The smallest absolute Gasteiger partial charge is 0.293 e. The van der Waals surface area contributed by atoms with Crippen LogP contribution < -0.4 is 0 Å². The summed E-state index contributed by atoms with van der Waals surface area (Å²) in [5, 5.41) is 20.8. The van der Waals surface area contributed by atoms with Crippen LogP contribution in [0, 0.1) is 10.1 Å². The molecule has 1 fully saturated rings. The number of aromatic hydroxyl groups is 1. The van der Waals surface area contributed by atoms with E-state index >= 15 is 0 Å². The van der Waals surface area contributed by atoms with Gasteiger partial charge in [-0.05, 0) is 41.6 Å². The molecule has 0 unspecified atom stereocenters. The second-order valence-corrected chi connectivity index (χ2v) is 6.82. The lowest BCUT2D eigenvalue weighted by Gasteiger charge is -2.12. The van der Waals surface area contributed by atoms with Crippen LogP contribution in [-0.4, -0.2) is 26.1 Å². The minimum Gasteiger partial charge on any atom is -0.507 e. The van der Waals surface area contributed by atoms with E-state index in [0.717, 1.165) is 22.6 Å². The third kappa shape index (κ3) is 3.71. The minimum atomic E-state index is -0.608. The summed E-state index contributed by atoms with van der Waals surface area (Å²) in [6.45, 7) is 0.0834. The van der Waals surface area contributed by atoms with E-state index in [-0.39, 0.29) is 28.5 Å². The predicted octanol–water partition coefficient (Wildman–Crippen LogP) is 4.19. The predicted molar refractivity (Wildman–Crippen MR) is 97.7 cm³/mol. The molecule has 0 atom stereocenters. The van der Waals surface area contributed by atoms with E-state index in [4.69, 9.17) is 11.6 Å². The number of phenolic OH excluding ortho intramolecular Hbond substituents is 1. The number of phenols is 1. The Labute approximate surface area is 157 Å². The lowest BCUT2D eigenvalue weighted by atomic mass is 10.1. The number of thioether (sulfide) groups is 1. The van der Waals surface area contributed by atoms with Crippen molar-refractivity contribution in [1.82, 2.24) is 4.90 Å². The number of benzene rings is 2. The standard InChI is InChI=1S/C17H11ClN2O5S/c18-12-3-1-10(2-4-12)9-19-16(22)15(26-17(19)23)8-11-7-13(20(24)25)5-6-14(11)21/h1-8,21H,9H2/b15-8-. The summed E-state index contributed by atoms with van der Waals surface area (Å²) < 4.78 is 0. The maximum Gasteiger partial charge on any atom is 0.293 e. The highest BCUT2D eigenvalue weighted by Gasteiger charge is 2.35. The molecule has 1 aliphatic rings. The molecule has 3 rings (SSSR count). The maximum atomic E-state index is 12.5. The van der Waals surface area contributed by atoms with E-state index in [1.807, 2.05) is 0 Å². The second kappa shape index (κ2) is 7.19. The number of amides is 2. The van der Waals surface area contributed by atoms with Gasteiger partial charge in [0.2, 0.25) is 0 Å². The molecule has 0 bridgehead atoms. The molecule has 132 valence electrons. The molecule has 0 spiro atoms. The summed E-state index contributed by atoms with van der Waals surface area (Å²) in [4.78, 5) is 36.0. The Balaban J connectivity index is 1.86. The Morgan fingerprint density at radius 1 is 1.19 bits per heavy atom. The largest absolute Gasteiger partial charge is 0.507 e. The molecule has 2 amide bonds. The van der Waals surface area contributed by atoms with Crippen LogP contribution in [0.2, 0.25) is 5.02 Å². The van der Waals surface area contributed by atoms with Crippen LogP contribution in [0.4, 0.5) is 10.5 Å². The van der Waals surface area contributed by atoms with E-state index < -0.39 is 16.1 Å². The average Bonchev–Trinajstić information content (AvgIpc) is 2.86. The van der Waals surface area contributed by atoms with E-state index in [1.165, 1.54) is 12.1 Å². The molecule has 0 saturated carbocycles. The molecule has 9 heteroatoms. The van der Waals surface area contributed by atoms with Crippen molar-refractivity contribution in [3.8, 4) is 5.75 Å². The molecule has 0 radical (unpaired) electrons. The summed E-state index contributed by atoms with van der Waals surface area (Å²) in [5.41, 5.74) is 0.599. The monoisotopic (exact) mass is 390 g/mol. The van der Waals surface area contributed by atoms with Crippen LogP contribution in [0.15, 0.2) is 47.4 Å². The molecule has 1 aliphatic heterocycles. The van der Waals surface area contributed by atoms with Crippen LogP contribution in [-0.2, 0) is 11.3 Å². The molecule has 2 aromatic carbocycles. The highest BCUT2D eigenvalue weighted by molar-refractivity contribution is 8.18. The molecular formula is C17H11ClN2O5S. The molecule has 2 aromatic rings. The first-order valence-corrected chi connectivity index (χ1v) is 8.52. The van der Waals surface area contributed by atoms with Crippen molar-refractivity contribution in [2.45, 2.75) is 6.54 Å². The molecule has 26 heavy (non-hydrogen) atoms. The number of halogens is 1. The molecule has 1 heterocycles. The van der Waals surface area contributed by atoms with E-state index in [0.29, 0.717) is 16.8 Å². The van der Waals surface area contributed by atoms with Gasteiger partial charge in [0.15, 0.2) is 0 Å². The Bertz CT molecular complexity index is 943. The number of hydrogen-bond acceptors (Lipinski definition) is 6. The first kappa shape index (κ1) is 18.0. The van der Waals surface area contributed by atoms with Gasteiger partial charge in [-0.2, -0.15) is 0 Å². The number of carbonyl (C=O) groups excluding carboxylic acids is 2. The van der Waals surface area contributed by atoms with Crippen molar-refractivity contribution in [3.05, 3.63) is 73.6 Å².